The zero-order chi connectivity index (χ0) is 23.8. The number of nitrogens with one attached hydrogen (secondary N) is 1. The monoisotopic (exact) mass is 473 g/mol. The van der Waals surface area contributed by atoms with E-state index in [1.807, 2.05) is 52.1 Å². The first kappa shape index (κ1) is 21.7. The Hall–Kier alpha value is -4.11. The summed E-state index contributed by atoms with van der Waals surface area (Å²) in [5.41, 5.74) is 3.56. The Balaban J connectivity index is 1.67. The van der Waals surface area contributed by atoms with Crippen molar-refractivity contribution in [3.8, 4) is 5.69 Å². The number of thiocarbonyl (C=S) groups is 1. The predicted molar refractivity (Wildman–Crippen MR) is 131 cm³/mol. The molecule has 1 aliphatic heterocycles. The Morgan fingerprint density at radius 1 is 1.06 bits per heavy atom. The van der Waals surface area contributed by atoms with Gasteiger partial charge in [-0.1, -0.05) is 12.1 Å². The van der Waals surface area contributed by atoms with Gasteiger partial charge in [0.2, 0.25) is 0 Å². The molecule has 170 valence electrons. The molecule has 2 atom stereocenters. The van der Waals surface area contributed by atoms with Crippen molar-refractivity contribution in [1.82, 2.24) is 14.9 Å². The quantitative estimate of drug-likeness (QED) is 0.237. The lowest BCUT2D eigenvalue weighted by Gasteiger charge is -2.29. The number of non-ortho nitro benzene ring substituents is 1. The van der Waals surface area contributed by atoms with Crippen molar-refractivity contribution in [3.63, 3.8) is 0 Å². The van der Waals surface area contributed by atoms with E-state index in [0.717, 1.165) is 17.1 Å². The van der Waals surface area contributed by atoms with Crippen LogP contribution in [0.2, 0.25) is 0 Å². The minimum atomic E-state index is -0.413. The van der Waals surface area contributed by atoms with Gasteiger partial charge in [0.05, 0.1) is 22.3 Å². The van der Waals surface area contributed by atoms with Crippen LogP contribution in [0.4, 0.5) is 15.8 Å². The molecule has 0 amide bonds. The molecule has 0 aliphatic carbocycles. The van der Waals surface area contributed by atoms with Gasteiger partial charge in [0.25, 0.3) is 5.69 Å². The van der Waals surface area contributed by atoms with Crippen molar-refractivity contribution in [2.75, 3.05) is 4.90 Å². The fraction of sp³-hybridized carbons (Fsp3) is 0.120. The molecule has 1 aliphatic rings. The minimum Gasteiger partial charge on any atom is -0.351 e. The summed E-state index contributed by atoms with van der Waals surface area (Å²) in [5.74, 6) is -0.292. The van der Waals surface area contributed by atoms with Crippen molar-refractivity contribution in [2.45, 2.75) is 19.0 Å². The number of pyridine rings is 1. The van der Waals surface area contributed by atoms with Crippen LogP contribution in [-0.2, 0) is 0 Å². The van der Waals surface area contributed by atoms with Crippen molar-refractivity contribution in [3.05, 3.63) is 118 Å². The van der Waals surface area contributed by atoms with E-state index in [4.69, 9.17) is 12.2 Å². The van der Waals surface area contributed by atoms with E-state index in [1.165, 1.54) is 18.2 Å². The maximum Gasteiger partial charge on any atom is 0.271 e. The van der Waals surface area contributed by atoms with E-state index >= 15 is 0 Å². The molecule has 1 N–H and O–H groups in total. The van der Waals surface area contributed by atoms with Crippen LogP contribution in [0, 0.1) is 22.9 Å². The van der Waals surface area contributed by atoms with Crippen LogP contribution in [-0.4, -0.2) is 19.6 Å². The lowest BCUT2D eigenvalue weighted by Crippen LogP contribution is -2.30. The summed E-state index contributed by atoms with van der Waals surface area (Å²) in [6, 6.07) is 20.2. The summed E-state index contributed by atoms with van der Waals surface area (Å²) in [7, 11) is 0. The van der Waals surface area contributed by atoms with E-state index in [2.05, 4.69) is 10.3 Å². The van der Waals surface area contributed by atoms with Gasteiger partial charge in [-0.05, 0) is 73.2 Å². The number of anilines is 1. The summed E-state index contributed by atoms with van der Waals surface area (Å²) in [5, 5.41) is 15.2. The molecular formula is C25H20FN5O2S. The summed E-state index contributed by atoms with van der Waals surface area (Å²) >= 11 is 5.74. The van der Waals surface area contributed by atoms with Crippen LogP contribution in [0.25, 0.3) is 5.69 Å². The summed E-state index contributed by atoms with van der Waals surface area (Å²) in [4.78, 5) is 17.4. The standard InChI is InChI=1S/C25H20FN5O2S/c1-16-14-18(10-11-20(16)26)30-24(23(28-25(30)34)21-8-2-3-12-27-21)22-9-5-13-29(22)17-6-4-7-19(15-17)31(32)33/h2-15,23-24H,1H3,(H,28,34)/t23-,24+/m1/s1. The summed E-state index contributed by atoms with van der Waals surface area (Å²) in [6.07, 6.45) is 3.58. The van der Waals surface area contributed by atoms with Gasteiger partial charge < -0.3 is 14.8 Å². The number of nitrogens with zero attached hydrogens (tertiary/aromatic N) is 4. The maximum atomic E-state index is 14.0. The first-order valence-corrected chi connectivity index (χ1v) is 11.0. The summed E-state index contributed by atoms with van der Waals surface area (Å²) in [6.45, 7) is 1.71. The molecule has 1 fully saturated rings. The molecule has 9 heteroatoms. The fourth-order valence-electron chi connectivity index (χ4n) is 4.34. The van der Waals surface area contributed by atoms with Crippen molar-refractivity contribution >= 4 is 28.7 Å². The van der Waals surface area contributed by atoms with Crippen molar-refractivity contribution < 1.29 is 9.31 Å². The number of hydrogen-bond acceptors (Lipinski definition) is 4. The number of hydrogen-bond donors (Lipinski definition) is 1. The van der Waals surface area contributed by atoms with Gasteiger partial charge in [-0.3, -0.25) is 15.1 Å². The van der Waals surface area contributed by atoms with Crippen LogP contribution in [0.1, 0.15) is 29.0 Å². The van der Waals surface area contributed by atoms with Crippen LogP contribution >= 0.6 is 12.2 Å². The molecule has 0 bridgehead atoms. The van der Waals surface area contributed by atoms with Crippen LogP contribution in [0.3, 0.4) is 0 Å². The third-order valence-electron chi connectivity index (χ3n) is 5.92. The van der Waals surface area contributed by atoms with Crippen molar-refractivity contribution in [2.24, 2.45) is 0 Å². The third kappa shape index (κ3) is 3.80. The second kappa shape index (κ2) is 8.68. The lowest BCUT2D eigenvalue weighted by atomic mass is 10.0. The summed E-state index contributed by atoms with van der Waals surface area (Å²) < 4.78 is 16.0. The Bertz CT molecular complexity index is 1390. The number of nitro groups is 1. The number of aryl methyl sites for hydroxylation is 1. The highest BCUT2D eigenvalue weighted by atomic mass is 32.1. The Morgan fingerprint density at radius 3 is 2.65 bits per heavy atom. The first-order chi connectivity index (χ1) is 16.4. The number of halogens is 1. The molecule has 0 saturated carbocycles. The topological polar surface area (TPSA) is 76.2 Å². The number of benzene rings is 2. The lowest BCUT2D eigenvalue weighted by molar-refractivity contribution is -0.384. The second-order valence-electron chi connectivity index (χ2n) is 8.01. The number of nitro benzene ring substituents is 1. The molecule has 2 aromatic heterocycles. The van der Waals surface area contributed by atoms with E-state index in [9.17, 15) is 14.5 Å². The zero-order valence-corrected chi connectivity index (χ0v) is 18.9. The first-order valence-electron chi connectivity index (χ1n) is 10.6. The molecule has 0 radical (unpaired) electrons. The van der Waals surface area contributed by atoms with Gasteiger partial charge in [0.1, 0.15) is 11.9 Å². The number of rotatable bonds is 5. The molecule has 0 unspecified atom stereocenters. The molecule has 3 heterocycles. The molecule has 1 saturated heterocycles. The van der Waals surface area contributed by atoms with E-state index < -0.39 is 4.92 Å². The molecule has 4 aromatic rings. The van der Waals surface area contributed by atoms with Crippen LogP contribution < -0.4 is 10.2 Å². The minimum absolute atomic E-state index is 0.00418. The fourth-order valence-corrected chi connectivity index (χ4v) is 4.68. The molecular weight excluding hydrogens is 453 g/mol. The maximum absolute atomic E-state index is 14.0. The van der Waals surface area contributed by atoms with Gasteiger partial charge in [-0.15, -0.1) is 0 Å². The number of aromatic nitrogens is 2. The Morgan fingerprint density at radius 2 is 1.91 bits per heavy atom. The highest BCUT2D eigenvalue weighted by Gasteiger charge is 2.42. The van der Waals surface area contributed by atoms with Gasteiger partial charge in [-0.2, -0.15) is 0 Å². The van der Waals surface area contributed by atoms with E-state index in [1.54, 1.807) is 31.3 Å². The van der Waals surface area contributed by atoms with E-state index in [-0.39, 0.29) is 23.6 Å². The SMILES string of the molecule is Cc1cc(N2C(=S)N[C@H](c3ccccn3)[C@@H]2c2cccn2-c2cccc([N+](=O)[O-])c2)ccc1F. The average molecular weight is 474 g/mol. The molecule has 7 nitrogen and oxygen atoms in total. The molecule has 5 rings (SSSR count). The van der Waals surface area contributed by atoms with Gasteiger partial charge >= 0.3 is 0 Å². The van der Waals surface area contributed by atoms with Crippen LogP contribution in [0.15, 0.2) is 85.2 Å². The van der Waals surface area contributed by atoms with E-state index in [0.29, 0.717) is 16.4 Å². The largest absolute Gasteiger partial charge is 0.351 e. The van der Waals surface area contributed by atoms with Crippen molar-refractivity contribution in [1.29, 1.82) is 0 Å². The highest BCUT2D eigenvalue weighted by molar-refractivity contribution is 7.80. The third-order valence-corrected chi connectivity index (χ3v) is 6.23. The molecule has 34 heavy (non-hydrogen) atoms. The second-order valence-corrected chi connectivity index (χ2v) is 8.40. The molecule has 2 aromatic carbocycles. The normalized spacial score (nSPS) is 17.6. The predicted octanol–water partition coefficient (Wildman–Crippen LogP) is 5.41. The Labute approximate surface area is 200 Å². The van der Waals surface area contributed by atoms with Crippen LogP contribution in [0.5, 0.6) is 0 Å². The van der Waals surface area contributed by atoms with Gasteiger partial charge in [0, 0.05) is 35.9 Å². The highest BCUT2D eigenvalue weighted by Crippen LogP contribution is 2.42. The Kier molecular flexibility index (Phi) is 5.54. The van der Waals surface area contributed by atoms with Gasteiger partial charge in [0.15, 0.2) is 5.11 Å². The molecule has 0 spiro atoms. The zero-order valence-electron chi connectivity index (χ0n) is 18.1. The smallest absolute Gasteiger partial charge is 0.271 e. The average Bonchev–Trinajstić information content (AvgIpc) is 3.46. The van der Waals surface area contributed by atoms with Gasteiger partial charge in [-0.25, -0.2) is 4.39 Å².